The maximum atomic E-state index is 5.77. The molecule has 88 valence electrons. The van der Waals surface area contributed by atoms with Gasteiger partial charge in [-0.25, -0.2) is 0 Å². The molecule has 3 nitrogen and oxygen atoms in total. The molecule has 4 heteroatoms. The van der Waals surface area contributed by atoms with Crippen LogP contribution >= 0.6 is 11.6 Å². The zero-order valence-electron chi connectivity index (χ0n) is 9.99. The second-order valence-corrected chi connectivity index (χ2v) is 4.32. The maximum absolute atomic E-state index is 5.77. The van der Waals surface area contributed by atoms with Crippen LogP contribution < -0.4 is 4.74 Å². The van der Waals surface area contributed by atoms with Gasteiger partial charge in [-0.3, -0.25) is 4.98 Å². The Kier molecular flexibility index (Phi) is 3.29. The average molecular weight is 249 g/mol. The van der Waals surface area contributed by atoms with E-state index in [4.69, 9.17) is 16.3 Å². The number of hydrogen-bond donors (Lipinski definition) is 0. The third-order valence-electron chi connectivity index (χ3n) is 2.66. The first-order chi connectivity index (χ1) is 8.08. The van der Waals surface area contributed by atoms with Gasteiger partial charge in [0.15, 0.2) is 5.15 Å². The average Bonchev–Trinajstić information content (AvgIpc) is 2.30. The monoisotopic (exact) mass is 248 g/mol. The topological polar surface area (TPSA) is 35.0 Å². The predicted molar refractivity (Wildman–Crippen MR) is 67.8 cm³/mol. The highest BCUT2D eigenvalue weighted by Gasteiger charge is 2.08. The smallest absolute Gasteiger partial charge is 0.239 e. The third kappa shape index (κ3) is 2.56. The summed E-state index contributed by atoms with van der Waals surface area (Å²) in [6.45, 7) is 6.07. The van der Waals surface area contributed by atoms with E-state index in [0.717, 1.165) is 16.9 Å². The summed E-state index contributed by atoms with van der Waals surface area (Å²) in [7, 11) is 0. The standard InChI is InChI=1S/C13H13ClN2O/c1-8-4-5-9(2)13(10(8)3)17-12-7-15-6-11(14)16-12/h4-7H,1-3H3. The molecule has 1 heterocycles. The molecule has 0 aliphatic rings. The minimum atomic E-state index is 0.324. The van der Waals surface area contributed by atoms with Crippen molar-refractivity contribution in [3.63, 3.8) is 0 Å². The molecule has 0 radical (unpaired) electrons. The van der Waals surface area contributed by atoms with Gasteiger partial charge < -0.3 is 4.74 Å². The number of halogens is 1. The highest BCUT2D eigenvalue weighted by Crippen LogP contribution is 2.29. The number of nitrogens with zero attached hydrogens (tertiary/aromatic N) is 2. The first-order valence-electron chi connectivity index (χ1n) is 5.30. The summed E-state index contributed by atoms with van der Waals surface area (Å²) in [5, 5.41) is 0.324. The minimum Gasteiger partial charge on any atom is -0.437 e. The Balaban J connectivity index is 2.39. The maximum Gasteiger partial charge on any atom is 0.239 e. The SMILES string of the molecule is Cc1ccc(C)c(Oc2cncc(Cl)n2)c1C. The summed E-state index contributed by atoms with van der Waals surface area (Å²) in [5.41, 5.74) is 3.35. The Morgan fingerprint density at radius 1 is 1.06 bits per heavy atom. The lowest BCUT2D eigenvalue weighted by Crippen LogP contribution is -1.95. The summed E-state index contributed by atoms with van der Waals surface area (Å²) >= 11 is 5.77. The summed E-state index contributed by atoms with van der Waals surface area (Å²) in [6, 6.07) is 4.09. The Hall–Kier alpha value is -1.61. The molecule has 2 aromatic rings. The molecule has 0 bridgehead atoms. The third-order valence-corrected chi connectivity index (χ3v) is 2.85. The van der Waals surface area contributed by atoms with E-state index in [2.05, 4.69) is 16.0 Å². The summed E-state index contributed by atoms with van der Waals surface area (Å²) in [4.78, 5) is 8.00. The molecule has 1 aromatic heterocycles. The van der Waals surface area contributed by atoms with Crippen molar-refractivity contribution in [2.75, 3.05) is 0 Å². The zero-order valence-corrected chi connectivity index (χ0v) is 10.7. The van der Waals surface area contributed by atoms with Gasteiger partial charge in [0.05, 0.1) is 12.4 Å². The van der Waals surface area contributed by atoms with Crippen LogP contribution in [0.5, 0.6) is 11.6 Å². The van der Waals surface area contributed by atoms with Crippen LogP contribution in [0, 0.1) is 20.8 Å². The molecular formula is C13H13ClN2O. The fraction of sp³-hybridized carbons (Fsp3) is 0.231. The Labute approximate surface area is 105 Å². The molecule has 0 unspecified atom stereocenters. The predicted octanol–water partition coefficient (Wildman–Crippen LogP) is 3.85. The van der Waals surface area contributed by atoms with Crippen molar-refractivity contribution in [3.05, 3.63) is 46.4 Å². The number of hydrogen-bond acceptors (Lipinski definition) is 3. The molecule has 0 atom stereocenters. The molecular weight excluding hydrogens is 236 g/mol. The summed E-state index contributed by atoms with van der Waals surface area (Å²) < 4.78 is 5.74. The normalized spacial score (nSPS) is 10.4. The van der Waals surface area contributed by atoms with Crippen molar-refractivity contribution < 1.29 is 4.74 Å². The summed E-state index contributed by atoms with van der Waals surface area (Å²) in [5.74, 6) is 1.23. The molecule has 17 heavy (non-hydrogen) atoms. The zero-order chi connectivity index (χ0) is 12.4. The second-order valence-electron chi connectivity index (χ2n) is 3.94. The van der Waals surface area contributed by atoms with Crippen LogP contribution in [0.15, 0.2) is 24.5 Å². The van der Waals surface area contributed by atoms with Crippen LogP contribution in [0.1, 0.15) is 16.7 Å². The van der Waals surface area contributed by atoms with Gasteiger partial charge >= 0.3 is 0 Å². The molecule has 1 aromatic carbocycles. The number of rotatable bonds is 2. The van der Waals surface area contributed by atoms with E-state index in [1.165, 1.54) is 11.8 Å². The first-order valence-corrected chi connectivity index (χ1v) is 5.68. The highest BCUT2D eigenvalue weighted by molar-refractivity contribution is 6.29. The van der Waals surface area contributed by atoms with E-state index in [1.54, 1.807) is 6.20 Å². The number of aryl methyl sites for hydroxylation is 2. The fourth-order valence-electron chi connectivity index (χ4n) is 1.56. The Morgan fingerprint density at radius 3 is 2.47 bits per heavy atom. The fourth-order valence-corrected chi connectivity index (χ4v) is 1.70. The van der Waals surface area contributed by atoms with Crippen LogP contribution in [0.4, 0.5) is 0 Å². The first kappa shape index (κ1) is 11.9. The van der Waals surface area contributed by atoms with Gasteiger partial charge in [0, 0.05) is 0 Å². The molecule has 0 fully saturated rings. The van der Waals surface area contributed by atoms with Crippen molar-refractivity contribution in [3.8, 4) is 11.6 Å². The lowest BCUT2D eigenvalue weighted by atomic mass is 10.1. The van der Waals surface area contributed by atoms with Gasteiger partial charge in [-0.15, -0.1) is 0 Å². The molecule has 0 aliphatic heterocycles. The van der Waals surface area contributed by atoms with E-state index in [-0.39, 0.29) is 0 Å². The molecule has 0 N–H and O–H groups in total. The van der Waals surface area contributed by atoms with Gasteiger partial charge in [-0.05, 0) is 37.5 Å². The largest absolute Gasteiger partial charge is 0.437 e. The van der Waals surface area contributed by atoms with E-state index in [9.17, 15) is 0 Å². The van der Waals surface area contributed by atoms with E-state index in [0.29, 0.717) is 11.0 Å². The van der Waals surface area contributed by atoms with Gasteiger partial charge in [0.25, 0.3) is 0 Å². The van der Waals surface area contributed by atoms with Gasteiger partial charge in [-0.1, -0.05) is 23.7 Å². The highest BCUT2D eigenvalue weighted by atomic mass is 35.5. The molecule has 0 saturated carbocycles. The quantitative estimate of drug-likeness (QED) is 0.810. The van der Waals surface area contributed by atoms with Crippen LogP contribution in [-0.2, 0) is 0 Å². The van der Waals surface area contributed by atoms with Crippen molar-refractivity contribution in [1.82, 2.24) is 9.97 Å². The van der Waals surface area contributed by atoms with Crippen LogP contribution in [0.25, 0.3) is 0 Å². The number of benzene rings is 1. The minimum absolute atomic E-state index is 0.324. The van der Waals surface area contributed by atoms with Gasteiger partial charge in [0.1, 0.15) is 5.75 Å². The van der Waals surface area contributed by atoms with Crippen molar-refractivity contribution in [1.29, 1.82) is 0 Å². The molecule has 0 spiro atoms. The van der Waals surface area contributed by atoms with Crippen LogP contribution in [-0.4, -0.2) is 9.97 Å². The van der Waals surface area contributed by atoms with E-state index in [1.807, 2.05) is 26.8 Å². The Morgan fingerprint density at radius 2 is 1.76 bits per heavy atom. The Bertz CT molecular complexity index is 555. The van der Waals surface area contributed by atoms with Crippen molar-refractivity contribution in [2.24, 2.45) is 0 Å². The molecule has 0 saturated heterocycles. The number of ether oxygens (including phenoxy) is 1. The van der Waals surface area contributed by atoms with Crippen LogP contribution in [0.2, 0.25) is 5.15 Å². The van der Waals surface area contributed by atoms with E-state index >= 15 is 0 Å². The van der Waals surface area contributed by atoms with Crippen molar-refractivity contribution in [2.45, 2.75) is 20.8 Å². The van der Waals surface area contributed by atoms with Gasteiger partial charge in [0.2, 0.25) is 5.88 Å². The lowest BCUT2D eigenvalue weighted by Gasteiger charge is -2.12. The molecule has 0 amide bonds. The summed E-state index contributed by atoms with van der Waals surface area (Å²) in [6.07, 6.45) is 3.03. The number of aromatic nitrogens is 2. The van der Waals surface area contributed by atoms with E-state index < -0.39 is 0 Å². The second kappa shape index (κ2) is 4.72. The lowest BCUT2D eigenvalue weighted by molar-refractivity contribution is 0.453. The van der Waals surface area contributed by atoms with Crippen LogP contribution in [0.3, 0.4) is 0 Å². The molecule has 2 rings (SSSR count). The van der Waals surface area contributed by atoms with Gasteiger partial charge in [-0.2, -0.15) is 4.98 Å². The molecule has 0 aliphatic carbocycles. The van der Waals surface area contributed by atoms with Crippen molar-refractivity contribution >= 4 is 11.6 Å².